The van der Waals surface area contributed by atoms with Crippen molar-refractivity contribution in [2.24, 2.45) is 5.92 Å². The largest absolute Gasteiger partial charge is 0.481 e. The van der Waals surface area contributed by atoms with Crippen molar-refractivity contribution in [1.29, 1.82) is 0 Å². The predicted molar refractivity (Wildman–Crippen MR) is 67.7 cm³/mol. The number of halogens is 2. The average Bonchev–Trinajstić information content (AvgIpc) is 2.80. The average molecular weight is 329 g/mol. The van der Waals surface area contributed by atoms with Gasteiger partial charge < -0.3 is 5.11 Å². The van der Waals surface area contributed by atoms with Crippen molar-refractivity contribution < 1.29 is 14.3 Å². The molecule has 0 saturated heterocycles. The Balaban J connectivity index is 2.33. The summed E-state index contributed by atoms with van der Waals surface area (Å²) in [4.78, 5) is 10.8. The third-order valence-electron chi connectivity index (χ3n) is 2.58. The van der Waals surface area contributed by atoms with Crippen molar-refractivity contribution in [3.63, 3.8) is 0 Å². The van der Waals surface area contributed by atoms with Gasteiger partial charge in [-0.25, -0.2) is 9.07 Å². The van der Waals surface area contributed by atoms with Crippen LogP contribution in [0.2, 0.25) is 0 Å². The van der Waals surface area contributed by atoms with Crippen LogP contribution in [-0.2, 0) is 11.3 Å². The van der Waals surface area contributed by atoms with Gasteiger partial charge in [0, 0.05) is 5.56 Å². The first-order chi connectivity index (χ1) is 8.99. The van der Waals surface area contributed by atoms with Gasteiger partial charge in [0.15, 0.2) is 5.82 Å². The van der Waals surface area contributed by atoms with Crippen LogP contribution in [0.1, 0.15) is 6.92 Å². The highest BCUT2D eigenvalue weighted by Gasteiger charge is 2.17. The summed E-state index contributed by atoms with van der Waals surface area (Å²) in [5.74, 6) is -1.68. The molecule has 0 aliphatic heterocycles. The third kappa shape index (κ3) is 2.95. The number of hydrogen-bond donors (Lipinski definition) is 1. The smallest absolute Gasteiger partial charge is 0.308 e. The quantitative estimate of drug-likeness (QED) is 0.927. The maximum Gasteiger partial charge on any atom is 0.308 e. The molecule has 1 atom stereocenters. The van der Waals surface area contributed by atoms with E-state index in [0.717, 1.165) is 0 Å². The molecule has 0 aliphatic carbocycles. The van der Waals surface area contributed by atoms with Crippen LogP contribution in [0, 0.1) is 11.7 Å². The minimum atomic E-state index is -0.941. The number of nitrogens with zero attached hydrogens (tertiary/aromatic N) is 4. The molecule has 0 fully saturated rings. The first-order valence-electron chi connectivity index (χ1n) is 5.43. The van der Waals surface area contributed by atoms with Crippen LogP contribution in [0.5, 0.6) is 0 Å². The van der Waals surface area contributed by atoms with Gasteiger partial charge in [-0.3, -0.25) is 4.79 Å². The predicted octanol–water partition coefficient (Wildman–Crippen LogP) is 1.96. The summed E-state index contributed by atoms with van der Waals surface area (Å²) >= 11 is 3.06. The number of tetrazole rings is 1. The molecule has 6 nitrogen and oxygen atoms in total. The van der Waals surface area contributed by atoms with E-state index in [4.69, 9.17) is 5.11 Å². The number of carbonyl (C=O) groups is 1. The zero-order chi connectivity index (χ0) is 14.0. The molecule has 1 N–H and O–H groups in total. The fraction of sp³-hybridized carbons (Fsp3) is 0.273. The summed E-state index contributed by atoms with van der Waals surface area (Å²) < 4.78 is 15.2. The van der Waals surface area contributed by atoms with E-state index in [1.54, 1.807) is 19.1 Å². The Morgan fingerprint density at radius 1 is 1.58 bits per heavy atom. The van der Waals surface area contributed by atoms with E-state index in [-0.39, 0.29) is 6.54 Å². The molecule has 0 bridgehead atoms. The number of rotatable bonds is 4. The Kier molecular flexibility index (Phi) is 3.89. The zero-order valence-corrected chi connectivity index (χ0v) is 11.5. The second-order valence-electron chi connectivity index (χ2n) is 4.05. The fourth-order valence-corrected chi connectivity index (χ4v) is 1.75. The number of aromatic nitrogens is 4. The molecule has 100 valence electrons. The van der Waals surface area contributed by atoms with Gasteiger partial charge in [-0.05, 0) is 44.6 Å². The Labute approximate surface area is 116 Å². The Morgan fingerprint density at radius 3 is 2.95 bits per heavy atom. The van der Waals surface area contributed by atoms with Crippen molar-refractivity contribution >= 4 is 21.9 Å². The summed E-state index contributed by atoms with van der Waals surface area (Å²) in [5, 5.41) is 19.9. The lowest BCUT2D eigenvalue weighted by Gasteiger charge is -2.08. The molecular formula is C11H10BrFN4O2. The van der Waals surface area contributed by atoms with Crippen LogP contribution >= 0.6 is 15.9 Å². The zero-order valence-electron chi connectivity index (χ0n) is 9.92. The van der Waals surface area contributed by atoms with E-state index in [0.29, 0.717) is 15.9 Å². The lowest BCUT2D eigenvalue weighted by molar-refractivity contribution is -0.141. The highest BCUT2D eigenvalue weighted by Crippen LogP contribution is 2.23. The number of carboxylic acids is 1. The van der Waals surface area contributed by atoms with Gasteiger partial charge in [0.2, 0.25) is 0 Å². The first kappa shape index (κ1) is 13.6. The molecule has 2 aromatic rings. The SMILES string of the molecule is CC(Cn1nnnc1-c1ccc(Br)c(F)c1)C(=O)O. The van der Waals surface area contributed by atoms with Crippen molar-refractivity contribution in [1.82, 2.24) is 20.2 Å². The summed E-state index contributed by atoms with van der Waals surface area (Å²) in [6, 6.07) is 4.49. The molecule has 0 saturated carbocycles. The van der Waals surface area contributed by atoms with Gasteiger partial charge in [0.1, 0.15) is 5.82 Å². The van der Waals surface area contributed by atoms with Crippen LogP contribution in [0.25, 0.3) is 11.4 Å². The number of aliphatic carboxylic acids is 1. The van der Waals surface area contributed by atoms with E-state index in [1.807, 2.05) is 0 Å². The van der Waals surface area contributed by atoms with Crippen LogP contribution in [-0.4, -0.2) is 31.3 Å². The van der Waals surface area contributed by atoms with Crippen molar-refractivity contribution in [2.45, 2.75) is 13.5 Å². The van der Waals surface area contributed by atoms with Gasteiger partial charge in [0.05, 0.1) is 16.9 Å². The van der Waals surface area contributed by atoms with Crippen molar-refractivity contribution in [3.8, 4) is 11.4 Å². The molecular weight excluding hydrogens is 319 g/mol. The van der Waals surface area contributed by atoms with E-state index < -0.39 is 17.7 Å². The second-order valence-corrected chi connectivity index (χ2v) is 4.91. The third-order valence-corrected chi connectivity index (χ3v) is 3.22. The van der Waals surface area contributed by atoms with Gasteiger partial charge in [0.25, 0.3) is 0 Å². The molecule has 0 radical (unpaired) electrons. The fourth-order valence-electron chi connectivity index (χ4n) is 1.51. The van der Waals surface area contributed by atoms with Crippen LogP contribution in [0.3, 0.4) is 0 Å². The van der Waals surface area contributed by atoms with E-state index in [2.05, 4.69) is 31.5 Å². The molecule has 2 rings (SSSR count). The minimum absolute atomic E-state index is 0.120. The van der Waals surface area contributed by atoms with Gasteiger partial charge >= 0.3 is 5.97 Å². The molecule has 0 amide bonds. The molecule has 0 spiro atoms. The highest BCUT2D eigenvalue weighted by atomic mass is 79.9. The Hall–Kier alpha value is -1.83. The second kappa shape index (κ2) is 5.43. The number of carboxylic acid groups (broad SMARTS) is 1. The van der Waals surface area contributed by atoms with Crippen LogP contribution in [0.4, 0.5) is 4.39 Å². The summed E-state index contributed by atoms with van der Waals surface area (Å²) in [7, 11) is 0. The van der Waals surface area contributed by atoms with Gasteiger partial charge in [-0.15, -0.1) is 5.10 Å². The normalized spacial score (nSPS) is 12.4. The topological polar surface area (TPSA) is 80.9 Å². The van der Waals surface area contributed by atoms with E-state index in [9.17, 15) is 9.18 Å². The summed E-state index contributed by atoms with van der Waals surface area (Å²) in [5.41, 5.74) is 0.489. The van der Waals surface area contributed by atoms with E-state index in [1.165, 1.54) is 10.7 Å². The number of benzene rings is 1. The molecule has 1 aromatic carbocycles. The molecule has 8 heteroatoms. The van der Waals surface area contributed by atoms with Crippen molar-refractivity contribution in [3.05, 3.63) is 28.5 Å². The maximum atomic E-state index is 13.5. The number of hydrogen-bond acceptors (Lipinski definition) is 4. The van der Waals surface area contributed by atoms with Crippen molar-refractivity contribution in [2.75, 3.05) is 0 Å². The Morgan fingerprint density at radius 2 is 2.32 bits per heavy atom. The maximum absolute atomic E-state index is 13.5. The highest BCUT2D eigenvalue weighted by molar-refractivity contribution is 9.10. The molecule has 0 aliphatic rings. The van der Waals surface area contributed by atoms with Crippen LogP contribution < -0.4 is 0 Å². The van der Waals surface area contributed by atoms with Crippen LogP contribution in [0.15, 0.2) is 22.7 Å². The summed E-state index contributed by atoms with van der Waals surface area (Å²) in [6.45, 7) is 1.67. The molecule has 19 heavy (non-hydrogen) atoms. The minimum Gasteiger partial charge on any atom is -0.481 e. The lowest BCUT2D eigenvalue weighted by Crippen LogP contribution is -2.18. The molecule has 1 unspecified atom stereocenters. The van der Waals surface area contributed by atoms with Gasteiger partial charge in [-0.2, -0.15) is 0 Å². The summed E-state index contributed by atoms with van der Waals surface area (Å²) in [6.07, 6.45) is 0. The lowest BCUT2D eigenvalue weighted by atomic mass is 10.1. The van der Waals surface area contributed by atoms with E-state index >= 15 is 0 Å². The van der Waals surface area contributed by atoms with Gasteiger partial charge in [-0.1, -0.05) is 6.92 Å². The monoisotopic (exact) mass is 328 g/mol. The molecule has 1 heterocycles. The first-order valence-corrected chi connectivity index (χ1v) is 6.22. The Bertz CT molecular complexity index is 616. The standard InChI is InChI=1S/C11H10BrFN4O2/c1-6(11(18)19)5-17-10(14-15-16-17)7-2-3-8(12)9(13)4-7/h2-4,6H,5H2,1H3,(H,18,19). The molecule has 1 aromatic heterocycles.